The normalized spacial score (nSPS) is 11.2. The molecule has 0 N–H and O–H groups in total. The monoisotopic (exact) mass is 452 g/mol. The second kappa shape index (κ2) is 9.21. The van der Waals surface area contributed by atoms with Gasteiger partial charge in [-0.25, -0.2) is 0 Å². The van der Waals surface area contributed by atoms with Crippen LogP contribution in [0.4, 0.5) is 0 Å². The Bertz CT molecular complexity index is 1290. The van der Waals surface area contributed by atoms with Gasteiger partial charge in [-0.2, -0.15) is 0 Å². The van der Waals surface area contributed by atoms with Crippen molar-refractivity contribution in [3.63, 3.8) is 0 Å². The molecule has 4 aromatic carbocycles. The van der Waals surface area contributed by atoms with Crippen molar-refractivity contribution < 1.29 is 0 Å². The first-order valence-electron chi connectivity index (χ1n) is 12.7. The molecule has 0 spiro atoms. The predicted octanol–water partition coefficient (Wildman–Crippen LogP) is 10.00. The molecule has 0 amide bonds. The second-order valence-electron chi connectivity index (χ2n) is 10.7. The molecule has 0 heterocycles. The van der Waals surface area contributed by atoms with Crippen LogP contribution in [-0.2, 0) is 0 Å². The lowest BCUT2D eigenvalue weighted by Crippen LogP contribution is -2.01. The maximum atomic E-state index is 2.33. The molecule has 0 unspecified atom stereocenters. The van der Waals surface area contributed by atoms with Crippen molar-refractivity contribution in [2.24, 2.45) is 0 Å². The van der Waals surface area contributed by atoms with E-state index in [-0.39, 0.29) is 0 Å². The minimum Gasteiger partial charge on any atom is -0.0509 e. The van der Waals surface area contributed by atoms with E-state index in [1.807, 2.05) is 0 Å². The molecule has 34 heavy (non-hydrogen) atoms. The first-order valence-corrected chi connectivity index (χ1v) is 12.7. The van der Waals surface area contributed by atoms with Gasteiger partial charge in [0.05, 0.1) is 0 Å². The molecular formula is C34H44. The first-order chi connectivity index (χ1) is 15.7. The molecule has 180 valence electrons. The van der Waals surface area contributed by atoms with Crippen LogP contribution in [0.5, 0.6) is 0 Å². The van der Waals surface area contributed by atoms with Gasteiger partial charge >= 0.3 is 0 Å². The lowest BCUT2D eigenvalue weighted by molar-refractivity contribution is 1.20. The summed E-state index contributed by atoms with van der Waals surface area (Å²) in [7, 11) is 0. The van der Waals surface area contributed by atoms with Crippen LogP contribution in [0.15, 0.2) is 12.1 Å². The van der Waals surface area contributed by atoms with Gasteiger partial charge in [-0.15, -0.1) is 0 Å². The molecule has 0 aliphatic carbocycles. The van der Waals surface area contributed by atoms with Crippen molar-refractivity contribution in [2.75, 3.05) is 0 Å². The van der Waals surface area contributed by atoms with E-state index in [2.05, 4.69) is 109 Å². The average Bonchev–Trinajstić information content (AvgIpc) is 2.81. The van der Waals surface area contributed by atoms with E-state index in [1.54, 1.807) is 0 Å². The zero-order chi connectivity index (χ0) is 25.8. The molecular weight excluding hydrogens is 408 g/mol. The molecule has 4 aromatic rings. The summed E-state index contributed by atoms with van der Waals surface area (Å²) >= 11 is 0. The highest BCUT2D eigenvalue weighted by Gasteiger charge is 2.16. The summed E-state index contributed by atoms with van der Waals surface area (Å²) in [5.41, 5.74) is 20.1. The van der Waals surface area contributed by atoms with Gasteiger partial charge in [-0.3, -0.25) is 0 Å². The number of fused-ring (bicyclic) bond motifs is 2. The Morgan fingerprint density at radius 1 is 0.265 bits per heavy atom. The third-order valence-electron chi connectivity index (χ3n) is 9.25. The summed E-state index contributed by atoms with van der Waals surface area (Å²) in [6.07, 6.45) is 0. The molecule has 4 rings (SSSR count). The van der Waals surface area contributed by atoms with Gasteiger partial charge in [0, 0.05) is 0 Å². The number of aryl methyl sites for hydroxylation is 8. The lowest BCUT2D eigenvalue weighted by atomic mass is 9.83. The minimum atomic E-state index is 1.39. The Hall–Kier alpha value is -2.60. The fraction of sp³-hybridized carbons (Fsp3) is 0.412. The summed E-state index contributed by atoms with van der Waals surface area (Å²) in [6.45, 7) is 31.4. The van der Waals surface area contributed by atoms with E-state index < -0.39 is 0 Å². The average molecular weight is 453 g/mol. The third kappa shape index (κ3) is 3.96. The van der Waals surface area contributed by atoms with Crippen LogP contribution >= 0.6 is 0 Å². The van der Waals surface area contributed by atoms with Gasteiger partial charge in [0.1, 0.15) is 0 Å². The van der Waals surface area contributed by atoms with E-state index in [0.29, 0.717) is 0 Å². The van der Waals surface area contributed by atoms with E-state index in [9.17, 15) is 0 Å². The number of benzene rings is 4. The van der Waals surface area contributed by atoms with Crippen LogP contribution in [0.25, 0.3) is 21.5 Å². The standard InChI is InChI=1S/C18H24.C16H20/c1-9-10(2)14(6)18-16(8)12(4)11(3)15(7)17(18)13(9)5;1-9-7-15-13(5)11(3)12(4)14(6)16(15)8-10(9)2/h1-8H3;7-8H,1-6H3. The summed E-state index contributed by atoms with van der Waals surface area (Å²) in [5, 5.41) is 5.81. The highest BCUT2D eigenvalue weighted by atomic mass is 14.2. The maximum Gasteiger partial charge on any atom is -0.0114 e. The van der Waals surface area contributed by atoms with Gasteiger partial charge in [0.25, 0.3) is 0 Å². The summed E-state index contributed by atoms with van der Waals surface area (Å²) in [4.78, 5) is 0. The Kier molecular flexibility index (Phi) is 7.05. The van der Waals surface area contributed by atoms with Crippen LogP contribution < -0.4 is 0 Å². The largest absolute Gasteiger partial charge is 0.0509 e. The van der Waals surface area contributed by atoms with Crippen molar-refractivity contribution in [1.29, 1.82) is 0 Å². The molecule has 0 nitrogen and oxygen atoms in total. The molecule has 0 heteroatoms. The van der Waals surface area contributed by atoms with E-state index >= 15 is 0 Å². The molecule has 0 fully saturated rings. The Balaban J connectivity index is 0.000000192. The zero-order valence-corrected chi connectivity index (χ0v) is 24.2. The SMILES string of the molecule is Cc1c(C)c(C)c2c(C)c(C)c(C)c(C)c2c1C.Cc1cc2c(C)c(C)c(C)c(C)c2cc1C. The smallest absolute Gasteiger partial charge is 0.0114 e. The molecule has 0 saturated carbocycles. The Labute approximate surface area is 208 Å². The van der Waals surface area contributed by atoms with E-state index in [1.165, 1.54) is 99.4 Å². The summed E-state index contributed by atoms with van der Waals surface area (Å²) in [5.74, 6) is 0. The van der Waals surface area contributed by atoms with Gasteiger partial charge in [-0.05, 0) is 196 Å². The van der Waals surface area contributed by atoms with Crippen molar-refractivity contribution in [1.82, 2.24) is 0 Å². The van der Waals surface area contributed by atoms with Crippen molar-refractivity contribution >= 4 is 21.5 Å². The van der Waals surface area contributed by atoms with E-state index in [4.69, 9.17) is 0 Å². The molecule has 0 saturated heterocycles. The highest BCUT2D eigenvalue weighted by molar-refractivity contribution is 5.97. The molecule has 0 radical (unpaired) electrons. The lowest BCUT2D eigenvalue weighted by Gasteiger charge is -2.21. The van der Waals surface area contributed by atoms with Crippen LogP contribution in [-0.4, -0.2) is 0 Å². The first kappa shape index (κ1) is 26.0. The fourth-order valence-corrected chi connectivity index (χ4v) is 5.59. The predicted molar refractivity (Wildman–Crippen MR) is 154 cm³/mol. The van der Waals surface area contributed by atoms with Gasteiger partial charge < -0.3 is 0 Å². The number of hydrogen-bond donors (Lipinski definition) is 0. The van der Waals surface area contributed by atoms with Gasteiger partial charge in [0.2, 0.25) is 0 Å². The van der Waals surface area contributed by atoms with Crippen LogP contribution in [0, 0.1) is 96.9 Å². The third-order valence-corrected chi connectivity index (χ3v) is 9.25. The number of rotatable bonds is 0. The van der Waals surface area contributed by atoms with Crippen LogP contribution in [0.1, 0.15) is 77.9 Å². The van der Waals surface area contributed by atoms with E-state index in [0.717, 1.165) is 0 Å². The van der Waals surface area contributed by atoms with Gasteiger partial charge in [-0.1, -0.05) is 12.1 Å². The molecule has 0 atom stereocenters. The summed E-state index contributed by atoms with van der Waals surface area (Å²) < 4.78 is 0. The molecule has 0 aliphatic rings. The van der Waals surface area contributed by atoms with Crippen molar-refractivity contribution in [3.8, 4) is 0 Å². The summed E-state index contributed by atoms with van der Waals surface area (Å²) in [6, 6.07) is 4.67. The highest BCUT2D eigenvalue weighted by Crippen LogP contribution is 2.37. The zero-order valence-electron chi connectivity index (χ0n) is 24.2. The Morgan fingerprint density at radius 2 is 0.471 bits per heavy atom. The molecule has 0 aliphatic heterocycles. The number of hydrogen-bond acceptors (Lipinski definition) is 0. The van der Waals surface area contributed by atoms with Crippen molar-refractivity contribution in [2.45, 2.75) is 96.9 Å². The van der Waals surface area contributed by atoms with Crippen molar-refractivity contribution in [3.05, 3.63) is 90.0 Å². The Morgan fingerprint density at radius 3 is 0.706 bits per heavy atom. The topological polar surface area (TPSA) is 0 Å². The minimum absolute atomic E-state index is 1.39. The molecule has 0 aromatic heterocycles. The maximum absolute atomic E-state index is 2.33. The van der Waals surface area contributed by atoms with Crippen LogP contribution in [0.3, 0.4) is 0 Å². The van der Waals surface area contributed by atoms with Gasteiger partial charge in [0.15, 0.2) is 0 Å². The fourth-order valence-electron chi connectivity index (χ4n) is 5.59. The van der Waals surface area contributed by atoms with Crippen LogP contribution in [0.2, 0.25) is 0 Å². The molecule has 0 bridgehead atoms. The second-order valence-corrected chi connectivity index (χ2v) is 10.7. The quantitative estimate of drug-likeness (QED) is 0.249.